The number of hydrogen-bond acceptors (Lipinski definition) is 4. The summed E-state index contributed by atoms with van der Waals surface area (Å²) in [6, 6.07) is 11.8. The van der Waals surface area contributed by atoms with Crippen molar-refractivity contribution in [3.05, 3.63) is 60.3 Å². The number of aromatic nitrogens is 3. The molecule has 1 N–H and O–H groups in total. The van der Waals surface area contributed by atoms with Gasteiger partial charge in [-0.3, -0.25) is 9.20 Å². The first kappa shape index (κ1) is 15.5. The molecule has 0 aliphatic carbocycles. The maximum Gasteiger partial charge on any atom is 0.230 e. The number of pyridine rings is 1. The highest BCUT2D eigenvalue weighted by atomic mass is 32.2. The van der Waals surface area contributed by atoms with Crippen LogP contribution in [0.4, 0.5) is 4.39 Å². The molecule has 3 aromatic rings. The zero-order valence-electron chi connectivity index (χ0n) is 12.3. The minimum atomic E-state index is -0.278. The summed E-state index contributed by atoms with van der Waals surface area (Å²) in [5.74, 6) is 0.770. The molecule has 0 atom stereocenters. The molecule has 1 amide bonds. The van der Waals surface area contributed by atoms with Crippen LogP contribution in [0.2, 0.25) is 0 Å². The summed E-state index contributed by atoms with van der Waals surface area (Å²) in [4.78, 5) is 12.7. The van der Waals surface area contributed by atoms with E-state index in [9.17, 15) is 9.18 Å². The van der Waals surface area contributed by atoms with Crippen molar-refractivity contribution in [3.63, 3.8) is 0 Å². The van der Waals surface area contributed by atoms with Crippen LogP contribution in [0.15, 0.2) is 53.6 Å². The Balaban J connectivity index is 1.45. The van der Waals surface area contributed by atoms with Gasteiger partial charge in [0.15, 0.2) is 5.65 Å². The molecule has 118 valence electrons. The molecule has 0 saturated carbocycles. The van der Waals surface area contributed by atoms with Crippen LogP contribution >= 0.6 is 11.8 Å². The third-order valence-electron chi connectivity index (χ3n) is 3.24. The average Bonchev–Trinajstić information content (AvgIpc) is 2.98. The minimum Gasteiger partial charge on any atom is -0.355 e. The monoisotopic (exact) mass is 330 g/mol. The van der Waals surface area contributed by atoms with E-state index in [1.807, 2.05) is 28.8 Å². The molecule has 1 aromatic carbocycles. The molecule has 0 bridgehead atoms. The van der Waals surface area contributed by atoms with Gasteiger partial charge in [-0.05, 0) is 36.4 Å². The van der Waals surface area contributed by atoms with E-state index < -0.39 is 0 Å². The Hall–Kier alpha value is -2.41. The van der Waals surface area contributed by atoms with E-state index in [1.165, 1.54) is 23.9 Å². The van der Waals surface area contributed by atoms with Gasteiger partial charge in [-0.25, -0.2) is 4.39 Å². The second-order valence-corrected chi connectivity index (χ2v) is 5.94. The van der Waals surface area contributed by atoms with Crippen LogP contribution in [0.1, 0.15) is 5.82 Å². The summed E-state index contributed by atoms with van der Waals surface area (Å²) in [5.41, 5.74) is 0.792. The molecule has 0 saturated heterocycles. The number of fused-ring (bicyclic) bond motifs is 1. The largest absolute Gasteiger partial charge is 0.355 e. The van der Waals surface area contributed by atoms with E-state index >= 15 is 0 Å². The molecule has 0 unspecified atom stereocenters. The molecule has 2 heterocycles. The second kappa shape index (κ2) is 7.23. The number of halogens is 1. The lowest BCUT2D eigenvalue weighted by molar-refractivity contribution is -0.118. The van der Waals surface area contributed by atoms with E-state index in [2.05, 4.69) is 15.5 Å². The number of hydrogen-bond donors (Lipinski definition) is 1. The van der Waals surface area contributed by atoms with Gasteiger partial charge in [0.25, 0.3) is 0 Å². The fraction of sp³-hybridized carbons (Fsp3) is 0.188. The molecule has 2 aromatic heterocycles. The predicted molar refractivity (Wildman–Crippen MR) is 86.8 cm³/mol. The number of benzene rings is 1. The lowest BCUT2D eigenvalue weighted by Crippen LogP contribution is -2.27. The van der Waals surface area contributed by atoms with Crippen LogP contribution in [0, 0.1) is 5.82 Å². The number of nitrogens with one attached hydrogen (secondary N) is 1. The number of rotatable bonds is 6. The van der Waals surface area contributed by atoms with Gasteiger partial charge in [-0.15, -0.1) is 22.0 Å². The van der Waals surface area contributed by atoms with Crippen molar-refractivity contribution in [2.75, 3.05) is 12.3 Å². The number of amides is 1. The van der Waals surface area contributed by atoms with Gasteiger partial charge in [0.1, 0.15) is 11.6 Å². The molecule has 5 nitrogen and oxygen atoms in total. The molecule has 3 rings (SSSR count). The molecule has 23 heavy (non-hydrogen) atoms. The molecule has 0 fully saturated rings. The zero-order chi connectivity index (χ0) is 16.1. The highest BCUT2D eigenvalue weighted by molar-refractivity contribution is 8.00. The Morgan fingerprint density at radius 1 is 1.17 bits per heavy atom. The fourth-order valence-electron chi connectivity index (χ4n) is 2.11. The van der Waals surface area contributed by atoms with Crippen molar-refractivity contribution in [2.45, 2.75) is 11.3 Å². The topological polar surface area (TPSA) is 59.3 Å². The minimum absolute atomic E-state index is 0.0619. The fourth-order valence-corrected chi connectivity index (χ4v) is 2.83. The van der Waals surface area contributed by atoms with E-state index in [1.54, 1.807) is 12.1 Å². The van der Waals surface area contributed by atoms with Crippen LogP contribution in [-0.4, -0.2) is 32.8 Å². The summed E-state index contributed by atoms with van der Waals surface area (Å²) >= 11 is 1.38. The molecule has 0 aliphatic heterocycles. The van der Waals surface area contributed by atoms with Crippen LogP contribution in [0.3, 0.4) is 0 Å². The van der Waals surface area contributed by atoms with Gasteiger partial charge < -0.3 is 5.32 Å². The number of carbonyl (C=O) groups excluding carboxylic acids is 1. The Labute approximate surface area is 136 Å². The maximum atomic E-state index is 12.8. The quantitative estimate of drug-likeness (QED) is 0.705. The Kier molecular flexibility index (Phi) is 4.87. The van der Waals surface area contributed by atoms with Gasteiger partial charge in [0.05, 0.1) is 5.75 Å². The lowest BCUT2D eigenvalue weighted by atomic mass is 10.4. The van der Waals surface area contributed by atoms with E-state index in [4.69, 9.17) is 0 Å². The Morgan fingerprint density at radius 2 is 2.00 bits per heavy atom. The van der Waals surface area contributed by atoms with Gasteiger partial charge in [-0.1, -0.05) is 6.07 Å². The van der Waals surface area contributed by atoms with Crippen LogP contribution in [0.25, 0.3) is 5.65 Å². The molecule has 0 aliphatic rings. The SMILES string of the molecule is O=C(CSc1ccc(F)cc1)NCCc1nnc2ccccn12. The molecular weight excluding hydrogens is 315 g/mol. The van der Waals surface area contributed by atoms with Gasteiger partial charge >= 0.3 is 0 Å². The molecular formula is C16H15FN4OS. The lowest BCUT2D eigenvalue weighted by Gasteiger charge is -2.05. The summed E-state index contributed by atoms with van der Waals surface area (Å²) in [7, 11) is 0. The summed E-state index contributed by atoms with van der Waals surface area (Å²) in [5, 5.41) is 11.0. The van der Waals surface area contributed by atoms with Crippen molar-refractivity contribution < 1.29 is 9.18 Å². The number of nitrogens with zero attached hydrogens (tertiary/aromatic N) is 3. The molecule has 0 radical (unpaired) electrons. The normalized spacial score (nSPS) is 10.8. The first-order valence-electron chi connectivity index (χ1n) is 7.16. The van der Waals surface area contributed by atoms with Crippen molar-refractivity contribution >= 4 is 23.3 Å². The Morgan fingerprint density at radius 3 is 2.83 bits per heavy atom. The third kappa shape index (κ3) is 4.07. The van der Waals surface area contributed by atoms with Crippen molar-refractivity contribution in [2.24, 2.45) is 0 Å². The first-order valence-corrected chi connectivity index (χ1v) is 8.14. The highest BCUT2D eigenvalue weighted by Crippen LogP contribution is 2.17. The van der Waals surface area contributed by atoms with Crippen LogP contribution < -0.4 is 5.32 Å². The van der Waals surface area contributed by atoms with Gasteiger partial charge in [0, 0.05) is 24.1 Å². The number of thioether (sulfide) groups is 1. The summed E-state index contributed by atoms with van der Waals surface area (Å²) in [6.45, 7) is 0.499. The maximum absolute atomic E-state index is 12.8. The van der Waals surface area contributed by atoms with Crippen LogP contribution in [-0.2, 0) is 11.2 Å². The van der Waals surface area contributed by atoms with Crippen molar-refractivity contribution in [1.82, 2.24) is 19.9 Å². The summed E-state index contributed by atoms with van der Waals surface area (Å²) < 4.78 is 14.7. The predicted octanol–water partition coefficient (Wildman–Crippen LogP) is 2.32. The average molecular weight is 330 g/mol. The smallest absolute Gasteiger partial charge is 0.230 e. The first-order chi connectivity index (χ1) is 11.2. The van der Waals surface area contributed by atoms with Gasteiger partial charge in [-0.2, -0.15) is 0 Å². The second-order valence-electron chi connectivity index (χ2n) is 4.89. The molecule has 7 heteroatoms. The number of carbonyl (C=O) groups is 1. The van der Waals surface area contributed by atoms with Gasteiger partial charge in [0.2, 0.25) is 5.91 Å². The van der Waals surface area contributed by atoms with Crippen LogP contribution in [0.5, 0.6) is 0 Å². The standard InChI is InChI=1S/C16H15FN4OS/c17-12-4-6-13(7-5-12)23-11-16(22)18-9-8-15-20-19-14-3-1-2-10-21(14)15/h1-7,10H,8-9,11H2,(H,18,22). The van der Waals surface area contributed by atoms with E-state index in [0.717, 1.165) is 16.4 Å². The Bertz CT molecular complexity index is 803. The zero-order valence-corrected chi connectivity index (χ0v) is 13.1. The molecule has 0 spiro atoms. The van der Waals surface area contributed by atoms with E-state index in [-0.39, 0.29) is 11.7 Å². The van der Waals surface area contributed by atoms with E-state index in [0.29, 0.717) is 18.7 Å². The third-order valence-corrected chi connectivity index (χ3v) is 4.25. The highest BCUT2D eigenvalue weighted by Gasteiger charge is 2.06. The van der Waals surface area contributed by atoms with Crippen molar-refractivity contribution in [3.8, 4) is 0 Å². The summed E-state index contributed by atoms with van der Waals surface area (Å²) in [6.07, 6.45) is 2.51. The van der Waals surface area contributed by atoms with Crippen molar-refractivity contribution in [1.29, 1.82) is 0 Å².